The van der Waals surface area contributed by atoms with Crippen molar-refractivity contribution in [1.82, 2.24) is 5.32 Å². The summed E-state index contributed by atoms with van der Waals surface area (Å²) in [5.41, 5.74) is 4.86. The van der Waals surface area contributed by atoms with E-state index in [1.807, 2.05) is 43.8 Å². The van der Waals surface area contributed by atoms with E-state index in [1.165, 1.54) is 16.7 Å². The SMILES string of the molecule is Cc1cccc(CSCCNC(=O)COc2cccc(C)c2C)c1. The number of amides is 1. The van der Waals surface area contributed by atoms with Crippen molar-refractivity contribution < 1.29 is 9.53 Å². The summed E-state index contributed by atoms with van der Waals surface area (Å²) in [7, 11) is 0. The lowest BCUT2D eigenvalue weighted by Crippen LogP contribution is -2.30. The number of carbonyl (C=O) groups is 1. The summed E-state index contributed by atoms with van der Waals surface area (Å²) in [4.78, 5) is 11.8. The summed E-state index contributed by atoms with van der Waals surface area (Å²) in [6.07, 6.45) is 0. The number of nitrogens with one attached hydrogen (secondary N) is 1. The zero-order chi connectivity index (χ0) is 17.4. The average Bonchev–Trinajstić information content (AvgIpc) is 2.56. The molecule has 1 amide bonds. The highest BCUT2D eigenvalue weighted by Gasteiger charge is 2.05. The third-order valence-corrected chi connectivity index (χ3v) is 4.86. The van der Waals surface area contributed by atoms with E-state index in [4.69, 9.17) is 4.74 Å². The Morgan fingerprint density at radius 3 is 2.71 bits per heavy atom. The van der Waals surface area contributed by atoms with Crippen LogP contribution in [0.1, 0.15) is 22.3 Å². The lowest BCUT2D eigenvalue weighted by molar-refractivity contribution is -0.122. The molecule has 24 heavy (non-hydrogen) atoms. The van der Waals surface area contributed by atoms with E-state index in [2.05, 4.69) is 36.5 Å². The number of thioether (sulfide) groups is 1. The number of hydrogen-bond acceptors (Lipinski definition) is 3. The van der Waals surface area contributed by atoms with Crippen molar-refractivity contribution in [3.8, 4) is 5.75 Å². The van der Waals surface area contributed by atoms with Crippen LogP contribution in [0.3, 0.4) is 0 Å². The number of rotatable bonds is 8. The Morgan fingerprint density at radius 2 is 1.92 bits per heavy atom. The molecule has 1 N–H and O–H groups in total. The van der Waals surface area contributed by atoms with Crippen molar-refractivity contribution in [2.75, 3.05) is 18.9 Å². The quantitative estimate of drug-likeness (QED) is 0.735. The molecular weight excluding hydrogens is 318 g/mol. The van der Waals surface area contributed by atoms with Gasteiger partial charge in [0.15, 0.2) is 6.61 Å². The minimum atomic E-state index is -0.0768. The van der Waals surface area contributed by atoms with E-state index in [-0.39, 0.29) is 12.5 Å². The van der Waals surface area contributed by atoms with Crippen molar-refractivity contribution >= 4 is 17.7 Å². The third kappa shape index (κ3) is 5.93. The van der Waals surface area contributed by atoms with Crippen LogP contribution in [-0.4, -0.2) is 24.8 Å². The van der Waals surface area contributed by atoms with Crippen LogP contribution in [0.4, 0.5) is 0 Å². The Labute approximate surface area is 148 Å². The fourth-order valence-electron chi connectivity index (χ4n) is 2.33. The number of hydrogen-bond donors (Lipinski definition) is 1. The Hall–Kier alpha value is -1.94. The summed E-state index contributed by atoms with van der Waals surface area (Å²) >= 11 is 1.82. The monoisotopic (exact) mass is 343 g/mol. The highest BCUT2D eigenvalue weighted by molar-refractivity contribution is 7.98. The lowest BCUT2D eigenvalue weighted by atomic mass is 10.1. The van der Waals surface area contributed by atoms with Gasteiger partial charge in [-0.1, -0.05) is 42.0 Å². The molecule has 0 aliphatic heterocycles. The predicted molar refractivity (Wildman–Crippen MR) is 102 cm³/mol. The molecule has 2 aromatic rings. The molecule has 128 valence electrons. The van der Waals surface area contributed by atoms with E-state index >= 15 is 0 Å². The van der Waals surface area contributed by atoms with Gasteiger partial charge in [-0.2, -0.15) is 11.8 Å². The highest BCUT2D eigenvalue weighted by Crippen LogP contribution is 2.20. The molecule has 0 aliphatic carbocycles. The maximum Gasteiger partial charge on any atom is 0.257 e. The number of benzene rings is 2. The van der Waals surface area contributed by atoms with Gasteiger partial charge in [0, 0.05) is 18.1 Å². The van der Waals surface area contributed by atoms with Crippen LogP contribution in [-0.2, 0) is 10.5 Å². The topological polar surface area (TPSA) is 38.3 Å². The Balaban J connectivity index is 1.62. The molecule has 2 aromatic carbocycles. The molecule has 0 saturated carbocycles. The number of carbonyl (C=O) groups excluding carboxylic acids is 1. The number of ether oxygens (including phenoxy) is 1. The molecule has 0 fully saturated rings. The van der Waals surface area contributed by atoms with Crippen molar-refractivity contribution in [2.24, 2.45) is 0 Å². The Kier molecular flexibility index (Phi) is 7.19. The molecule has 2 rings (SSSR count). The molecule has 0 bridgehead atoms. The molecule has 0 saturated heterocycles. The fourth-order valence-corrected chi connectivity index (χ4v) is 3.14. The molecule has 0 atom stereocenters. The van der Waals surface area contributed by atoms with Crippen LogP contribution < -0.4 is 10.1 Å². The van der Waals surface area contributed by atoms with Crippen LogP contribution >= 0.6 is 11.8 Å². The maximum absolute atomic E-state index is 11.8. The summed E-state index contributed by atoms with van der Waals surface area (Å²) in [5, 5.41) is 2.90. The smallest absolute Gasteiger partial charge is 0.257 e. The van der Waals surface area contributed by atoms with Crippen LogP contribution in [0, 0.1) is 20.8 Å². The molecular formula is C20H25NO2S. The molecule has 0 spiro atoms. The first-order valence-corrected chi connectivity index (χ1v) is 9.31. The van der Waals surface area contributed by atoms with E-state index in [9.17, 15) is 4.79 Å². The maximum atomic E-state index is 11.8. The van der Waals surface area contributed by atoms with Gasteiger partial charge in [0.25, 0.3) is 5.91 Å². The van der Waals surface area contributed by atoms with Crippen LogP contribution in [0.25, 0.3) is 0 Å². The van der Waals surface area contributed by atoms with Gasteiger partial charge in [0.1, 0.15) is 5.75 Å². The summed E-state index contributed by atoms with van der Waals surface area (Å²) in [6, 6.07) is 14.4. The molecule has 0 aliphatic rings. The van der Waals surface area contributed by atoms with Gasteiger partial charge in [0.05, 0.1) is 0 Å². The van der Waals surface area contributed by atoms with E-state index in [1.54, 1.807) is 0 Å². The van der Waals surface area contributed by atoms with Crippen molar-refractivity contribution in [2.45, 2.75) is 26.5 Å². The minimum absolute atomic E-state index is 0.0623. The summed E-state index contributed by atoms with van der Waals surface area (Å²) in [5.74, 6) is 2.56. The largest absolute Gasteiger partial charge is 0.483 e. The Bertz CT molecular complexity index is 685. The molecule has 0 heterocycles. The average molecular weight is 343 g/mol. The van der Waals surface area contributed by atoms with Crippen LogP contribution in [0.5, 0.6) is 5.75 Å². The molecule has 3 nitrogen and oxygen atoms in total. The predicted octanol–water partition coefficient (Wildman–Crippen LogP) is 4.04. The summed E-state index contributed by atoms with van der Waals surface area (Å²) in [6.45, 7) is 6.86. The second-order valence-corrected chi connectivity index (χ2v) is 6.98. The third-order valence-electron chi connectivity index (χ3n) is 3.83. The first-order valence-electron chi connectivity index (χ1n) is 8.15. The minimum Gasteiger partial charge on any atom is -0.483 e. The molecule has 0 radical (unpaired) electrons. The van der Waals surface area contributed by atoms with Gasteiger partial charge in [-0.3, -0.25) is 4.79 Å². The number of aryl methyl sites for hydroxylation is 2. The molecule has 4 heteroatoms. The molecule has 0 unspecified atom stereocenters. The zero-order valence-corrected chi connectivity index (χ0v) is 15.4. The fraction of sp³-hybridized carbons (Fsp3) is 0.350. The Morgan fingerprint density at radius 1 is 1.12 bits per heavy atom. The van der Waals surface area contributed by atoms with Gasteiger partial charge >= 0.3 is 0 Å². The van der Waals surface area contributed by atoms with Gasteiger partial charge in [0.2, 0.25) is 0 Å². The second kappa shape index (κ2) is 9.38. The van der Waals surface area contributed by atoms with Crippen molar-refractivity contribution in [3.63, 3.8) is 0 Å². The van der Waals surface area contributed by atoms with E-state index < -0.39 is 0 Å². The van der Waals surface area contributed by atoms with Crippen LogP contribution in [0.15, 0.2) is 42.5 Å². The highest BCUT2D eigenvalue weighted by atomic mass is 32.2. The standard InChI is InChI=1S/C20H25NO2S/c1-15-6-4-8-18(12-15)14-24-11-10-21-20(22)13-23-19-9-5-7-16(2)17(19)3/h4-9,12H,10-11,13-14H2,1-3H3,(H,21,22). The summed E-state index contributed by atoms with van der Waals surface area (Å²) < 4.78 is 5.60. The van der Waals surface area contributed by atoms with Crippen LogP contribution in [0.2, 0.25) is 0 Å². The molecule has 0 aromatic heterocycles. The first kappa shape index (κ1) is 18.4. The zero-order valence-electron chi connectivity index (χ0n) is 14.6. The van der Waals surface area contributed by atoms with Gasteiger partial charge in [-0.05, 0) is 43.5 Å². The van der Waals surface area contributed by atoms with Gasteiger partial charge < -0.3 is 10.1 Å². The van der Waals surface area contributed by atoms with E-state index in [0.717, 1.165) is 22.8 Å². The van der Waals surface area contributed by atoms with Gasteiger partial charge in [-0.25, -0.2) is 0 Å². The second-order valence-electron chi connectivity index (χ2n) is 5.88. The van der Waals surface area contributed by atoms with Gasteiger partial charge in [-0.15, -0.1) is 0 Å². The van der Waals surface area contributed by atoms with Crippen molar-refractivity contribution in [3.05, 3.63) is 64.7 Å². The first-order chi connectivity index (χ1) is 11.6. The lowest BCUT2D eigenvalue weighted by Gasteiger charge is -2.11. The van der Waals surface area contributed by atoms with Crippen molar-refractivity contribution in [1.29, 1.82) is 0 Å². The normalized spacial score (nSPS) is 10.5. The van der Waals surface area contributed by atoms with E-state index in [0.29, 0.717) is 6.54 Å².